The molecule has 2 aromatic rings. The average molecular weight is 387 g/mol. The Morgan fingerprint density at radius 2 is 1.89 bits per heavy atom. The molecular formula is C21H30N4OS. The van der Waals surface area contributed by atoms with Gasteiger partial charge in [0.25, 0.3) is 0 Å². The van der Waals surface area contributed by atoms with Crippen molar-refractivity contribution >= 4 is 17.4 Å². The third kappa shape index (κ3) is 5.79. The smallest absolute Gasteiger partial charge is 0.318 e. The fraction of sp³-hybridized carbons (Fsp3) is 0.476. The predicted octanol–water partition coefficient (Wildman–Crippen LogP) is 3.27. The van der Waals surface area contributed by atoms with Crippen molar-refractivity contribution in [3.05, 3.63) is 58.3 Å². The van der Waals surface area contributed by atoms with Crippen LogP contribution in [0.5, 0.6) is 0 Å². The van der Waals surface area contributed by atoms with E-state index in [1.807, 2.05) is 36.1 Å². The molecule has 1 fully saturated rings. The molecule has 0 spiro atoms. The highest BCUT2D eigenvalue weighted by atomic mass is 32.1. The van der Waals surface area contributed by atoms with Crippen molar-refractivity contribution in [1.29, 1.82) is 0 Å². The number of hydrogen-bond donors (Lipinski definition) is 1. The Morgan fingerprint density at radius 1 is 1.15 bits per heavy atom. The molecule has 27 heavy (non-hydrogen) atoms. The lowest BCUT2D eigenvalue weighted by Crippen LogP contribution is -2.49. The minimum atomic E-state index is -0.000471. The van der Waals surface area contributed by atoms with E-state index in [1.165, 1.54) is 4.88 Å². The maximum atomic E-state index is 13.0. The normalized spacial score (nSPS) is 16.8. The van der Waals surface area contributed by atoms with Gasteiger partial charge in [-0.15, -0.1) is 11.3 Å². The van der Waals surface area contributed by atoms with Gasteiger partial charge in [-0.2, -0.15) is 0 Å². The second-order valence-corrected chi connectivity index (χ2v) is 8.14. The Morgan fingerprint density at radius 3 is 2.52 bits per heavy atom. The number of nitrogens with zero attached hydrogens (tertiary/aromatic N) is 3. The first-order chi connectivity index (χ1) is 13.2. The molecule has 1 saturated heterocycles. The highest BCUT2D eigenvalue weighted by molar-refractivity contribution is 7.09. The van der Waals surface area contributed by atoms with E-state index in [4.69, 9.17) is 0 Å². The van der Waals surface area contributed by atoms with Crippen molar-refractivity contribution in [1.82, 2.24) is 20.0 Å². The summed E-state index contributed by atoms with van der Waals surface area (Å²) < 4.78 is 0. The topological polar surface area (TPSA) is 38.8 Å². The van der Waals surface area contributed by atoms with Crippen LogP contribution in [0.2, 0.25) is 0 Å². The molecule has 1 atom stereocenters. The number of carbonyl (C=O) groups is 1. The molecule has 0 aliphatic carbocycles. The zero-order valence-corrected chi connectivity index (χ0v) is 17.1. The van der Waals surface area contributed by atoms with E-state index in [-0.39, 0.29) is 12.1 Å². The van der Waals surface area contributed by atoms with E-state index in [2.05, 4.69) is 45.7 Å². The summed E-state index contributed by atoms with van der Waals surface area (Å²) in [4.78, 5) is 20.9. The lowest BCUT2D eigenvalue weighted by Gasteiger charge is -2.35. The van der Waals surface area contributed by atoms with Crippen LogP contribution in [-0.4, -0.2) is 67.0 Å². The minimum absolute atomic E-state index is 0.000471. The third-order valence-electron chi connectivity index (χ3n) is 5.13. The minimum Gasteiger partial charge on any atom is -0.330 e. The maximum absolute atomic E-state index is 13.0. The summed E-state index contributed by atoms with van der Waals surface area (Å²) in [6.45, 7) is 8.48. The van der Waals surface area contributed by atoms with Gasteiger partial charge in [0.05, 0.1) is 12.6 Å². The molecule has 1 aliphatic rings. The third-order valence-corrected chi connectivity index (χ3v) is 5.99. The molecule has 5 nitrogen and oxygen atoms in total. The number of hydrogen-bond acceptors (Lipinski definition) is 4. The Hall–Kier alpha value is -1.89. The number of urea groups is 1. The summed E-state index contributed by atoms with van der Waals surface area (Å²) >= 11 is 1.69. The number of benzene rings is 1. The summed E-state index contributed by atoms with van der Waals surface area (Å²) in [6.07, 6.45) is 0. The summed E-state index contributed by atoms with van der Waals surface area (Å²) in [5.74, 6) is 0. The van der Waals surface area contributed by atoms with Gasteiger partial charge in [-0.05, 0) is 31.0 Å². The summed E-state index contributed by atoms with van der Waals surface area (Å²) in [6, 6.07) is 14.4. The van der Waals surface area contributed by atoms with E-state index in [9.17, 15) is 4.79 Å². The van der Waals surface area contributed by atoms with E-state index in [0.717, 1.165) is 38.3 Å². The SMILES string of the molecule is CCN(Cc1cccs1)C(=O)NC(CN1CCN(C)CC1)c1ccccc1. The molecule has 0 saturated carbocycles. The lowest BCUT2D eigenvalue weighted by molar-refractivity contribution is 0.139. The molecule has 1 N–H and O–H groups in total. The van der Waals surface area contributed by atoms with E-state index in [0.29, 0.717) is 13.1 Å². The van der Waals surface area contributed by atoms with Crippen molar-refractivity contribution < 1.29 is 4.79 Å². The number of thiophene rings is 1. The molecule has 6 heteroatoms. The van der Waals surface area contributed by atoms with Gasteiger partial charge in [0.2, 0.25) is 0 Å². The van der Waals surface area contributed by atoms with Crippen LogP contribution in [0.15, 0.2) is 47.8 Å². The van der Waals surface area contributed by atoms with Gasteiger partial charge >= 0.3 is 6.03 Å². The molecule has 2 amide bonds. The summed E-state index contributed by atoms with van der Waals surface area (Å²) in [7, 11) is 2.16. The number of rotatable bonds is 7. The molecular weight excluding hydrogens is 356 g/mol. The lowest BCUT2D eigenvalue weighted by atomic mass is 10.1. The van der Waals surface area contributed by atoms with Crippen molar-refractivity contribution in [2.24, 2.45) is 0 Å². The predicted molar refractivity (Wildman–Crippen MR) is 112 cm³/mol. The van der Waals surface area contributed by atoms with Crippen LogP contribution < -0.4 is 5.32 Å². The van der Waals surface area contributed by atoms with Crippen LogP contribution in [0.25, 0.3) is 0 Å². The zero-order valence-electron chi connectivity index (χ0n) is 16.3. The Bertz CT molecular complexity index is 683. The van der Waals surface area contributed by atoms with Crippen LogP contribution in [0.1, 0.15) is 23.4 Å². The van der Waals surface area contributed by atoms with Crippen LogP contribution >= 0.6 is 11.3 Å². The monoisotopic (exact) mass is 386 g/mol. The highest BCUT2D eigenvalue weighted by Crippen LogP contribution is 2.17. The Kier molecular flexibility index (Phi) is 7.26. The zero-order chi connectivity index (χ0) is 19.1. The van der Waals surface area contributed by atoms with Gasteiger partial charge < -0.3 is 15.1 Å². The first kappa shape index (κ1) is 19.9. The van der Waals surface area contributed by atoms with Gasteiger partial charge in [0.1, 0.15) is 0 Å². The molecule has 1 aromatic carbocycles. The molecule has 0 radical (unpaired) electrons. The summed E-state index contributed by atoms with van der Waals surface area (Å²) in [5.41, 5.74) is 1.16. The number of piperazine rings is 1. The Labute approximate surface area is 166 Å². The number of amides is 2. The van der Waals surface area contributed by atoms with Crippen molar-refractivity contribution in [2.45, 2.75) is 19.5 Å². The van der Waals surface area contributed by atoms with E-state index >= 15 is 0 Å². The number of likely N-dealkylation sites (N-methyl/N-ethyl adjacent to an activating group) is 1. The molecule has 1 aromatic heterocycles. The van der Waals surface area contributed by atoms with Gasteiger partial charge in [0.15, 0.2) is 0 Å². The van der Waals surface area contributed by atoms with Gasteiger partial charge in [0, 0.05) is 44.1 Å². The quantitative estimate of drug-likeness (QED) is 0.794. The Balaban J connectivity index is 1.67. The van der Waals surface area contributed by atoms with Crippen molar-refractivity contribution in [3.63, 3.8) is 0 Å². The second-order valence-electron chi connectivity index (χ2n) is 7.11. The molecule has 0 bridgehead atoms. The van der Waals surface area contributed by atoms with Gasteiger partial charge in [-0.25, -0.2) is 4.79 Å². The van der Waals surface area contributed by atoms with Gasteiger partial charge in [-0.1, -0.05) is 36.4 Å². The molecule has 3 rings (SSSR count). The fourth-order valence-electron chi connectivity index (χ4n) is 3.37. The molecule has 1 unspecified atom stereocenters. The second kappa shape index (κ2) is 9.88. The van der Waals surface area contributed by atoms with Crippen LogP contribution in [0.3, 0.4) is 0 Å². The molecule has 146 valence electrons. The standard InChI is InChI=1S/C21H30N4OS/c1-3-25(16-19-10-7-15-27-19)21(26)22-20(18-8-5-4-6-9-18)17-24-13-11-23(2)12-14-24/h4-10,15,20H,3,11-14,16-17H2,1-2H3,(H,22,26). The first-order valence-corrected chi connectivity index (χ1v) is 10.6. The molecule has 2 heterocycles. The number of carbonyl (C=O) groups excluding carboxylic acids is 1. The van der Waals surface area contributed by atoms with Crippen LogP contribution in [0, 0.1) is 0 Å². The molecule has 1 aliphatic heterocycles. The van der Waals surface area contributed by atoms with Crippen molar-refractivity contribution in [3.8, 4) is 0 Å². The van der Waals surface area contributed by atoms with Crippen LogP contribution in [0.4, 0.5) is 4.79 Å². The number of nitrogens with one attached hydrogen (secondary N) is 1. The van der Waals surface area contributed by atoms with E-state index in [1.54, 1.807) is 11.3 Å². The highest BCUT2D eigenvalue weighted by Gasteiger charge is 2.23. The van der Waals surface area contributed by atoms with Crippen molar-refractivity contribution in [2.75, 3.05) is 46.3 Å². The maximum Gasteiger partial charge on any atom is 0.318 e. The first-order valence-electron chi connectivity index (χ1n) is 9.69. The van der Waals surface area contributed by atoms with Crippen LogP contribution in [-0.2, 0) is 6.54 Å². The average Bonchev–Trinajstić information content (AvgIpc) is 3.21. The van der Waals surface area contributed by atoms with E-state index < -0.39 is 0 Å². The summed E-state index contributed by atoms with van der Waals surface area (Å²) in [5, 5.41) is 5.35. The largest absolute Gasteiger partial charge is 0.330 e. The fourth-order valence-corrected chi connectivity index (χ4v) is 4.09. The van der Waals surface area contributed by atoms with Gasteiger partial charge in [-0.3, -0.25) is 4.90 Å².